The maximum absolute atomic E-state index is 5.97. The van der Waals surface area contributed by atoms with E-state index in [0.29, 0.717) is 19.1 Å². The van der Waals surface area contributed by atoms with Crippen molar-refractivity contribution in [2.75, 3.05) is 20.3 Å². The Kier molecular flexibility index (Phi) is 6.48. The second-order valence-corrected chi connectivity index (χ2v) is 5.93. The standard InChI is InChI=1S/C20H27NO2/c1-15-10-11-16(2)20(13-15)23-12-6-7-17(14-21)18-8-4-5-9-19(18)22-3/h4-5,8-11,13,17H,6-7,12,14,21H2,1-3H3. The van der Waals surface area contributed by atoms with Crippen LogP contribution in [0.4, 0.5) is 0 Å². The Hall–Kier alpha value is -2.00. The molecule has 0 aromatic heterocycles. The number of nitrogens with two attached hydrogens (primary N) is 1. The predicted octanol–water partition coefficient (Wildman–Crippen LogP) is 4.21. The molecule has 23 heavy (non-hydrogen) atoms. The van der Waals surface area contributed by atoms with Gasteiger partial charge in [0.2, 0.25) is 0 Å². The highest BCUT2D eigenvalue weighted by atomic mass is 16.5. The molecule has 0 aliphatic heterocycles. The number of rotatable bonds is 8. The van der Waals surface area contributed by atoms with E-state index in [-0.39, 0.29) is 0 Å². The van der Waals surface area contributed by atoms with Crippen LogP contribution in [0.3, 0.4) is 0 Å². The number of hydrogen-bond acceptors (Lipinski definition) is 3. The molecule has 3 nitrogen and oxygen atoms in total. The summed E-state index contributed by atoms with van der Waals surface area (Å²) in [7, 11) is 1.70. The molecule has 0 saturated carbocycles. The quantitative estimate of drug-likeness (QED) is 0.742. The molecule has 2 aromatic rings. The van der Waals surface area contributed by atoms with Gasteiger partial charge >= 0.3 is 0 Å². The molecule has 0 radical (unpaired) electrons. The Morgan fingerprint density at radius 1 is 1.04 bits per heavy atom. The average molecular weight is 313 g/mol. The third kappa shape index (κ3) is 4.73. The molecule has 0 heterocycles. The fourth-order valence-electron chi connectivity index (χ4n) is 2.78. The van der Waals surface area contributed by atoms with Crippen LogP contribution in [-0.4, -0.2) is 20.3 Å². The van der Waals surface area contributed by atoms with E-state index in [4.69, 9.17) is 15.2 Å². The lowest BCUT2D eigenvalue weighted by atomic mass is 9.93. The van der Waals surface area contributed by atoms with E-state index in [1.807, 2.05) is 18.2 Å². The van der Waals surface area contributed by atoms with Crippen LogP contribution in [0.15, 0.2) is 42.5 Å². The summed E-state index contributed by atoms with van der Waals surface area (Å²) in [6.45, 7) is 5.48. The largest absolute Gasteiger partial charge is 0.496 e. The van der Waals surface area contributed by atoms with Crippen LogP contribution in [0.2, 0.25) is 0 Å². The van der Waals surface area contributed by atoms with Gasteiger partial charge in [-0.15, -0.1) is 0 Å². The molecule has 0 bridgehead atoms. The van der Waals surface area contributed by atoms with Crippen LogP contribution in [0.1, 0.15) is 35.4 Å². The zero-order valence-electron chi connectivity index (χ0n) is 14.3. The fraction of sp³-hybridized carbons (Fsp3) is 0.400. The molecular weight excluding hydrogens is 286 g/mol. The van der Waals surface area contributed by atoms with E-state index < -0.39 is 0 Å². The Bertz CT molecular complexity index is 625. The first-order valence-electron chi connectivity index (χ1n) is 8.18. The lowest BCUT2D eigenvalue weighted by Crippen LogP contribution is -2.14. The minimum absolute atomic E-state index is 0.299. The molecule has 1 atom stereocenters. The average Bonchev–Trinajstić information content (AvgIpc) is 2.58. The van der Waals surface area contributed by atoms with Gasteiger partial charge in [-0.3, -0.25) is 0 Å². The minimum atomic E-state index is 0.299. The van der Waals surface area contributed by atoms with Crippen molar-refractivity contribution in [2.45, 2.75) is 32.6 Å². The van der Waals surface area contributed by atoms with Gasteiger partial charge in [-0.2, -0.15) is 0 Å². The van der Waals surface area contributed by atoms with Crippen molar-refractivity contribution >= 4 is 0 Å². The van der Waals surface area contributed by atoms with E-state index in [1.165, 1.54) is 16.7 Å². The molecular formula is C20H27NO2. The lowest BCUT2D eigenvalue weighted by Gasteiger charge is -2.18. The maximum atomic E-state index is 5.97. The molecule has 2 N–H and O–H groups in total. The SMILES string of the molecule is COc1ccccc1C(CN)CCCOc1cc(C)ccc1C. The zero-order valence-corrected chi connectivity index (χ0v) is 14.3. The summed E-state index contributed by atoms with van der Waals surface area (Å²) in [5, 5.41) is 0. The van der Waals surface area contributed by atoms with Gasteiger partial charge in [0, 0.05) is 0 Å². The minimum Gasteiger partial charge on any atom is -0.496 e. The van der Waals surface area contributed by atoms with Crippen molar-refractivity contribution in [3.63, 3.8) is 0 Å². The fourth-order valence-corrected chi connectivity index (χ4v) is 2.78. The number of benzene rings is 2. The maximum Gasteiger partial charge on any atom is 0.122 e. The molecule has 1 unspecified atom stereocenters. The Balaban J connectivity index is 1.90. The van der Waals surface area contributed by atoms with Crippen LogP contribution in [0.25, 0.3) is 0 Å². The van der Waals surface area contributed by atoms with Gasteiger partial charge in [0.15, 0.2) is 0 Å². The number of hydrogen-bond donors (Lipinski definition) is 1. The highest BCUT2D eigenvalue weighted by Crippen LogP contribution is 2.29. The normalized spacial score (nSPS) is 12.0. The summed E-state index contributed by atoms with van der Waals surface area (Å²) in [5.41, 5.74) is 9.55. The molecule has 3 heteroatoms. The molecule has 2 aromatic carbocycles. The summed E-state index contributed by atoms with van der Waals surface area (Å²) in [5.74, 6) is 2.19. The van der Waals surface area contributed by atoms with Gasteiger partial charge in [-0.25, -0.2) is 0 Å². The van der Waals surface area contributed by atoms with Crippen molar-refractivity contribution in [1.82, 2.24) is 0 Å². The molecule has 0 aliphatic rings. The van der Waals surface area contributed by atoms with E-state index in [2.05, 4.69) is 38.1 Å². The number of para-hydroxylation sites is 1. The summed E-state index contributed by atoms with van der Waals surface area (Å²) in [6.07, 6.45) is 1.95. The van der Waals surface area contributed by atoms with Crippen molar-refractivity contribution in [2.24, 2.45) is 5.73 Å². The summed E-state index contributed by atoms with van der Waals surface area (Å²) < 4.78 is 11.4. The van der Waals surface area contributed by atoms with Crippen LogP contribution < -0.4 is 15.2 Å². The first kappa shape index (κ1) is 17.4. The molecule has 0 spiro atoms. The Morgan fingerprint density at radius 2 is 1.83 bits per heavy atom. The smallest absolute Gasteiger partial charge is 0.122 e. The highest BCUT2D eigenvalue weighted by molar-refractivity contribution is 5.37. The van der Waals surface area contributed by atoms with E-state index >= 15 is 0 Å². The molecule has 0 aliphatic carbocycles. The van der Waals surface area contributed by atoms with Gasteiger partial charge in [0.25, 0.3) is 0 Å². The van der Waals surface area contributed by atoms with Crippen LogP contribution in [0.5, 0.6) is 11.5 Å². The van der Waals surface area contributed by atoms with Crippen molar-refractivity contribution in [3.05, 3.63) is 59.2 Å². The summed E-state index contributed by atoms with van der Waals surface area (Å²) in [4.78, 5) is 0. The van der Waals surface area contributed by atoms with Crippen LogP contribution in [0, 0.1) is 13.8 Å². The summed E-state index contributed by atoms with van der Waals surface area (Å²) in [6, 6.07) is 14.4. The molecule has 124 valence electrons. The lowest BCUT2D eigenvalue weighted by molar-refractivity contribution is 0.299. The van der Waals surface area contributed by atoms with Crippen LogP contribution >= 0.6 is 0 Å². The topological polar surface area (TPSA) is 44.5 Å². The second-order valence-electron chi connectivity index (χ2n) is 5.93. The Labute approximate surface area is 139 Å². The number of methoxy groups -OCH3 is 1. The second kappa shape index (κ2) is 8.59. The Morgan fingerprint density at radius 3 is 2.57 bits per heavy atom. The molecule has 0 saturated heterocycles. The first-order valence-corrected chi connectivity index (χ1v) is 8.18. The van der Waals surface area contributed by atoms with E-state index in [9.17, 15) is 0 Å². The van der Waals surface area contributed by atoms with E-state index in [0.717, 1.165) is 24.3 Å². The highest BCUT2D eigenvalue weighted by Gasteiger charge is 2.14. The van der Waals surface area contributed by atoms with Crippen molar-refractivity contribution in [1.29, 1.82) is 0 Å². The summed E-state index contributed by atoms with van der Waals surface area (Å²) >= 11 is 0. The van der Waals surface area contributed by atoms with Gasteiger partial charge in [-0.05, 0) is 68.0 Å². The predicted molar refractivity (Wildman–Crippen MR) is 95.4 cm³/mol. The monoisotopic (exact) mass is 313 g/mol. The molecule has 0 amide bonds. The van der Waals surface area contributed by atoms with Gasteiger partial charge < -0.3 is 15.2 Å². The van der Waals surface area contributed by atoms with Gasteiger partial charge in [-0.1, -0.05) is 30.3 Å². The van der Waals surface area contributed by atoms with Crippen molar-refractivity contribution in [3.8, 4) is 11.5 Å². The molecule has 0 fully saturated rings. The van der Waals surface area contributed by atoms with Crippen LogP contribution in [-0.2, 0) is 0 Å². The molecule has 2 rings (SSSR count). The number of aryl methyl sites for hydroxylation is 2. The van der Waals surface area contributed by atoms with Gasteiger partial charge in [0.1, 0.15) is 11.5 Å². The third-order valence-electron chi connectivity index (χ3n) is 4.16. The number of ether oxygens (including phenoxy) is 2. The first-order chi connectivity index (χ1) is 11.2. The van der Waals surface area contributed by atoms with E-state index in [1.54, 1.807) is 7.11 Å². The van der Waals surface area contributed by atoms with Crippen molar-refractivity contribution < 1.29 is 9.47 Å². The van der Waals surface area contributed by atoms with Gasteiger partial charge in [0.05, 0.1) is 13.7 Å². The zero-order chi connectivity index (χ0) is 16.7. The third-order valence-corrected chi connectivity index (χ3v) is 4.16.